The molecule has 1 aromatic carbocycles. The Morgan fingerprint density at radius 3 is 2.71 bits per heavy atom. The van der Waals surface area contributed by atoms with Crippen molar-refractivity contribution >= 4 is 11.7 Å². The largest absolute Gasteiger partial charge is 0.493 e. The number of nitrogen functional groups attached to an aromatic ring is 1. The van der Waals surface area contributed by atoms with Gasteiger partial charge in [-0.15, -0.1) is 0 Å². The van der Waals surface area contributed by atoms with Crippen LogP contribution in [0.5, 0.6) is 5.75 Å². The van der Waals surface area contributed by atoms with E-state index in [1.165, 1.54) is 19.2 Å². The standard InChI is InChI=1S/C9H8N2O3/c1-14-8-6(4-10)2-5(9(12)13)3-7(8)11/h2-3H,11H2,1H3,(H,12,13). The van der Waals surface area contributed by atoms with Crippen molar-refractivity contribution in [2.75, 3.05) is 12.8 Å². The van der Waals surface area contributed by atoms with Gasteiger partial charge in [-0.3, -0.25) is 0 Å². The van der Waals surface area contributed by atoms with Crippen LogP contribution in [0.1, 0.15) is 15.9 Å². The minimum Gasteiger partial charge on any atom is -0.493 e. The fraction of sp³-hybridized carbons (Fsp3) is 0.111. The number of rotatable bonds is 2. The van der Waals surface area contributed by atoms with Gasteiger partial charge in [0.1, 0.15) is 6.07 Å². The molecule has 3 N–H and O–H groups in total. The Labute approximate surface area is 80.3 Å². The average Bonchev–Trinajstić information content (AvgIpc) is 2.16. The number of carbonyl (C=O) groups is 1. The smallest absolute Gasteiger partial charge is 0.335 e. The van der Waals surface area contributed by atoms with E-state index in [0.29, 0.717) is 0 Å². The molecule has 0 amide bonds. The Hall–Kier alpha value is -2.22. The lowest BCUT2D eigenvalue weighted by Crippen LogP contribution is -2.02. The van der Waals surface area contributed by atoms with E-state index >= 15 is 0 Å². The van der Waals surface area contributed by atoms with Gasteiger partial charge >= 0.3 is 5.97 Å². The third-order valence-corrected chi connectivity index (χ3v) is 1.69. The summed E-state index contributed by atoms with van der Waals surface area (Å²) in [6.07, 6.45) is 0. The molecular weight excluding hydrogens is 184 g/mol. The van der Waals surface area contributed by atoms with E-state index in [0.717, 1.165) is 0 Å². The number of carboxylic acids is 1. The number of nitriles is 1. The van der Waals surface area contributed by atoms with E-state index in [9.17, 15) is 4.79 Å². The number of benzene rings is 1. The number of nitrogens with two attached hydrogens (primary N) is 1. The van der Waals surface area contributed by atoms with Crippen LogP contribution in [0.3, 0.4) is 0 Å². The van der Waals surface area contributed by atoms with Crippen molar-refractivity contribution in [2.24, 2.45) is 0 Å². The zero-order chi connectivity index (χ0) is 10.7. The maximum atomic E-state index is 10.6. The van der Waals surface area contributed by atoms with E-state index in [4.69, 9.17) is 20.8 Å². The Morgan fingerprint density at radius 1 is 1.64 bits per heavy atom. The predicted octanol–water partition coefficient (Wildman–Crippen LogP) is 0.847. The van der Waals surface area contributed by atoms with Gasteiger partial charge in [-0.2, -0.15) is 5.26 Å². The van der Waals surface area contributed by atoms with Crippen molar-refractivity contribution in [1.82, 2.24) is 0 Å². The molecule has 0 spiro atoms. The second kappa shape index (κ2) is 3.66. The van der Waals surface area contributed by atoms with Crippen LogP contribution in [0, 0.1) is 11.3 Å². The van der Waals surface area contributed by atoms with E-state index < -0.39 is 5.97 Å². The molecule has 0 saturated heterocycles. The normalized spacial score (nSPS) is 9.14. The molecule has 0 fully saturated rings. The molecule has 0 bridgehead atoms. The van der Waals surface area contributed by atoms with Crippen molar-refractivity contribution in [3.8, 4) is 11.8 Å². The van der Waals surface area contributed by atoms with Crippen LogP contribution in [0.4, 0.5) is 5.69 Å². The van der Waals surface area contributed by atoms with Crippen LogP contribution >= 0.6 is 0 Å². The molecule has 0 saturated carbocycles. The highest BCUT2D eigenvalue weighted by atomic mass is 16.5. The van der Waals surface area contributed by atoms with Gasteiger partial charge in [-0.1, -0.05) is 0 Å². The third kappa shape index (κ3) is 1.59. The number of hydrogen-bond donors (Lipinski definition) is 2. The second-order valence-corrected chi connectivity index (χ2v) is 2.56. The molecule has 0 unspecified atom stereocenters. The highest BCUT2D eigenvalue weighted by molar-refractivity contribution is 5.90. The lowest BCUT2D eigenvalue weighted by molar-refractivity contribution is 0.0697. The van der Waals surface area contributed by atoms with Crippen LogP contribution in [-0.4, -0.2) is 18.2 Å². The Morgan fingerprint density at radius 2 is 2.29 bits per heavy atom. The van der Waals surface area contributed by atoms with Gasteiger partial charge in [0, 0.05) is 0 Å². The van der Waals surface area contributed by atoms with E-state index in [2.05, 4.69) is 0 Å². The van der Waals surface area contributed by atoms with Crippen LogP contribution in [0.2, 0.25) is 0 Å². The number of carboxylic acid groups (broad SMARTS) is 1. The number of anilines is 1. The van der Waals surface area contributed by atoms with Crippen molar-refractivity contribution in [1.29, 1.82) is 5.26 Å². The highest BCUT2D eigenvalue weighted by Crippen LogP contribution is 2.27. The van der Waals surface area contributed by atoms with Crippen LogP contribution in [0.25, 0.3) is 0 Å². The molecule has 0 aliphatic heterocycles. The fourth-order valence-electron chi connectivity index (χ4n) is 1.09. The summed E-state index contributed by atoms with van der Waals surface area (Å²) in [5.74, 6) is -0.923. The van der Waals surface area contributed by atoms with Gasteiger partial charge < -0.3 is 15.6 Å². The number of methoxy groups -OCH3 is 1. The second-order valence-electron chi connectivity index (χ2n) is 2.56. The van der Waals surface area contributed by atoms with E-state index in [-0.39, 0.29) is 22.6 Å². The summed E-state index contributed by atoms with van der Waals surface area (Å²) < 4.78 is 4.86. The molecule has 0 aliphatic carbocycles. The molecule has 0 atom stereocenters. The average molecular weight is 192 g/mol. The molecule has 72 valence electrons. The molecular formula is C9H8N2O3. The highest BCUT2D eigenvalue weighted by Gasteiger charge is 2.12. The molecule has 0 heterocycles. The maximum Gasteiger partial charge on any atom is 0.335 e. The van der Waals surface area contributed by atoms with Crippen molar-refractivity contribution < 1.29 is 14.6 Å². The van der Waals surface area contributed by atoms with Crippen molar-refractivity contribution in [2.45, 2.75) is 0 Å². The molecule has 1 rings (SSSR count). The predicted molar refractivity (Wildman–Crippen MR) is 49.1 cm³/mol. The number of nitrogens with zero attached hydrogens (tertiary/aromatic N) is 1. The van der Waals surface area contributed by atoms with Gasteiger partial charge in [0.2, 0.25) is 0 Å². The lowest BCUT2D eigenvalue weighted by atomic mass is 10.1. The van der Waals surface area contributed by atoms with Crippen molar-refractivity contribution in [3.63, 3.8) is 0 Å². The first-order valence-corrected chi connectivity index (χ1v) is 3.71. The zero-order valence-corrected chi connectivity index (χ0v) is 7.44. The first-order valence-electron chi connectivity index (χ1n) is 3.71. The number of ether oxygens (including phenoxy) is 1. The monoisotopic (exact) mass is 192 g/mol. The van der Waals surface area contributed by atoms with Gasteiger partial charge in [0.05, 0.1) is 23.9 Å². The topological polar surface area (TPSA) is 96.3 Å². The minimum atomic E-state index is -1.13. The SMILES string of the molecule is COc1c(N)cc(C(=O)O)cc1C#N. The Bertz CT molecular complexity index is 421. The van der Waals surface area contributed by atoms with Gasteiger partial charge in [0.15, 0.2) is 5.75 Å². The van der Waals surface area contributed by atoms with Crippen LogP contribution in [0.15, 0.2) is 12.1 Å². The quantitative estimate of drug-likeness (QED) is 0.677. The van der Waals surface area contributed by atoms with E-state index in [1.807, 2.05) is 6.07 Å². The summed E-state index contributed by atoms with van der Waals surface area (Å²) in [5.41, 5.74) is 5.74. The Balaban J connectivity index is 3.41. The minimum absolute atomic E-state index is 0.0279. The van der Waals surface area contributed by atoms with Crippen molar-refractivity contribution in [3.05, 3.63) is 23.3 Å². The fourth-order valence-corrected chi connectivity index (χ4v) is 1.09. The zero-order valence-electron chi connectivity index (χ0n) is 7.44. The van der Waals surface area contributed by atoms with Gasteiger partial charge in [0.25, 0.3) is 0 Å². The van der Waals surface area contributed by atoms with Crippen LogP contribution in [-0.2, 0) is 0 Å². The molecule has 14 heavy (non-hydrogen) atoms. The van der Waals surface area contributed by atoms with Crippen LogP contribution < -0.4 is 10.5 Å². The summed E-state index contributed by atoms with van der Waals surface area (Å²) in [6.45, 7) is 0. The van der Waals surface area contributed by atoms with Gasteiger partial charge in [-0.05, 0) is 12.1 Å². The first-order chi connectivity index (χ1) is 6.60. The summed E-state index contributed by atoms with van der Waals surface area (Å²) in [7, 11) is 1.37. The Kier molecular flexibility index (Phi) is 2.58. The molecule has 5 heteroatoms. The number of aromatic carboxylic acids is 1. The molecule has 1 aromatic rings. The summed E-state index contributed by atoms with van der Waals surface area (Å²) >= 11 is 0. The summed E-state index contributed by atoms with van der Waals surface area (Å²) in [4.78, 5) is 10.6. The maximum absolute atomic E-state index is 10.6. The first kappa shape index (κ1) is 9.86. The molecule has 0 radical (unpaired) electrons. The third-order valence-electron chi connectivity index (χ3n) is 1.69. The summed E-state index contributed by atoms with van der Waals surface area (Å²) in [6, 6.07) is 4.29. The molecule has 0 aromatic heterocycles. The van der Waals surface area contributed by atoms with E-state index in [1.54, 1.807) is 0 Å². The summed E-state index contributed by atoms with van der Waals surface area (Å²) in [5, 5.41) is 17.4. The molecule has 5 nitrogen and oxygen atoms in total. The number of hydrogen-bond acceptors (Lipinski definition) is 4. The van der Waals surface area contributed by atoms with Gasteiger partial charge in [-0.25, -0.2) is 4.79 Å². The molecule has 0 aliphatic rings. The lowest BCUT2D eigenvalue weighted by Gasteiger charge is -2.06.